The molecule has 10 aromatic carbocycles. The zero-order valence-electron chi connectivity index (χ0n) is 34.5. The summed E-state index contributed by atoms with van der Waals surface area (Å²) in [7, 11) is 0. The molecule has 64 heavy (non-hydrogen) atoms. The lowest BCUT2D eigenvalue weighted by Crippen LogP contribution is -2.10. The second kappa shape index (κ2) is 14.7. The Morgan fingerprint density at radius 2 is 0.750 bits per heavy atom. The fraction of sp³-hybridized carbons (Fsp3) is 0. The number of hydrogen-bond acceptors (Lipinski definition) is 4. The van der Waals surface area contributed by atoms with Crippen molar-refractivity contribution in [1.29, 1.82) is 0 Å². The van der Waals surface area contributed by atoms with Crippen molar-refractivity contribution in [3.63, 3.8) is 0 Å². The lowest BCUT2D eigenvalue weighted by atomic mass is 9.85. The summed E-state index contributed by atoms with van der Waals surface area (Å²) >= 11 is 1.85. The van der Waals surface area contributed by atoms with Gasteiger partial charge in [0.15, 0.2) is 0 Å². The van der Waals surface area contributed by atoms with Crippen molar-refractivity contribution < 1.29 is 8.83 Å². The van der Waals surface area contributed by atoms with Crippen LogP contribution in [0.25, 0.3) is 109 Å². The number of furan rings is 2. The quantitative estimate of drug-likeness (QED) is 0.160. The number of thiophene rings is 1. The first-order valence-electron chi connectivity index (χ1n) is 21.7. The summed E-state index contributed by atoms with van der Waals surface area (Å²) in [6.45, 7) is 0. The van der Waals surface area contributed by atoms with Gasteiger partial charge < -0.3 is 13.7 Å². The molecule has 0 N–H and O–H groups in total. The molecule has 0 bridgehead atoms. The predicted octanol–water partition coefficient (Wildman–Crippen LogP) is 18.0. The lowest BCUT2D eigenvalue weighted by Gasteiger charge is -2.27. The zero-order chi connectivity index (χ0) is 42.1. The minimum atomic E-state index is 0.858. The van der Waals surface area contributed by atoms with Gasteiger partial charge in [-0.25, -0.2) is 0 Å². The largest absolute Gasteiger partial charge is 0.456 e. The van der Waals surface area contributed by atoms with E-state index in [0.29, 0.717) is 0 Å². The van der Waals surface area contributed by atoms with Crippen LogP contribution in [0.1, 0.15) is 0 Å². The standard InChI is InChI=1S/C60H37NO2S/c1-3-14-38(15-4-1)39-26-30-42(31-27-39)61(49-21-13-25-55-58(49)48-20-9-12-24-54(48)64-55)43-32-28-41(29-33-43)57-45(35-37-53-60(57)47-19-8-11-23-51(47)63-53)44-34-36-52-59(46-18-7-10-22-50(46)62-52)56(44)40-16-5-2-6-17-40/h1-37H. The number of nitrogens with zero attached hydrogens (tertiary/aromatic N) is 1. The Labute approximate surface area is 373 Å². The molecular formula is C60H37NO2S. The van der Waals surface area contributed by atoms with E-state index in [1.54, 1.807) is 0 Å². The van der Waals surface area contributed by atoms with Gasteiger partial charge in [-0.1, -0.05) is 146 Å². The summed E-state index contributed by atoms with van der Waals surface area (Å²) in [5, 5.41) is 6.92. The van der Waals surface area contributed by atoms with E-state index in [4.69, 9.17) is 8.83 Å². The predicted molar refractivity (Wildman–Crippen MR) is 270 cm³/mol. The second-order valence-electron chi connectivity index (χ2n) is 16.3. The molecule has 0 radical (unpaired) electrons. The van der Waals surface area contributed by atoms with Gasteiger partial charge in [-0.2, -0.15) is 0 Å². The summed E-state index contributed by atoms with van der Waals surface area (Å²) in [6.07, 6.45) is 0. The van der Waals surface area contributed by atoms with Crippen molar-refractivity contribution in [3.05, 3.63) is 224 Å². The number of hydrogen-bond donors (Lipinski definition) is 0. The van der Waals surface area contributed by atoms with Crippen molar-refractivity contribution in [3.8, 4) is 44.5 Å². The van der Waals surface area contributed by atoms with Crippen LogP contribution < -0.4 is 4.90 Å². The first-order valence-corrected chi connectivity index (χ1v) is 22.5. The molecule has 4 heteroatoms. The van der Waals surface area contributed by atoms with Crippen LogP contribution in [-0.4, -0.2) is 0 Å². The molecule has 3 aromatic heterocycles. The van der Waals surface area contributed by atoms with Crippen LogP contribution >= 0.6 is 11.3 Å². The molecule has 0 amide bonds. The number of para-hydroxylation sites is 2. The van der Waals surface area contributed by atoms with Crippen LogP contribution in [0, 0.1) is 0 Å². The van der Waals surface area contributed by atoms with E-state index in [0.717, 1.165) is 94.3 Å². The lowest BCUT2D eigenvalue weighted by molar-refractivity contribution is 0.668. The molecule has 13 aromatic rings. The van der Waals surface area contributed by atoms with Crippen LogP contribution in [0.3, 0.4) is 0 Å². The van der Waals surface area contributed by atoms with Crippen molar-refractivity contribution in [1.82, 2.24) is 0 Å². The molecule has 0 saturated heterocycles. The van der Waals surface area contributed by atoms with Crippen molar-refractivity contribution in [2.75, 3.05) is 4.90 Å². The summed E-state index contributed by atoms with van der Waals surface area (Å²) in [5.41, 5.74) is 15.9. The van der Waals surface area contributed by atoms with Crippen molar-refractivity contribution in [2.45, 2.75) is 0 Å². The Balaban J connectivity index is 1.04. The average Bonchev–Trinajstić information content (AvgIpc) is 4.06. The Kier molecular flexibility index (Phi) is 8.40. The van der Waals surface area contributed by atoms with E-state index in [2.05, 4.69) is 217 Å². The zero-order valence-corrected chi connectivity index (χ0v) is 35.4. The third kappa shape index (κ3) is 5.81. The smallest absolute Gasteiger partial charge is 0.136 e. The van der Waals surface area contributed by atoms with Gasteiger partial charge in [0.05, 0.1) is 5.69 Å². The molecule has 0 unspecified atom stereocenters. The van der Waals surface area contributed by atoms with Gasteiger partial charge in [0.1, 0.15) is 22.3 Å². The topological polar surface area (TPSA) is 29.5 Å². The third-order valence-electron chi connectivity index (χ3n) is 12.7. The summed E-state index contributed by atoms with van der Waals surface area (Å²) < 4.78 is 15.6. The molecule has 0 fully saturated rings. The van der Waals surface area contributed by atoms with E-state index in [1.807, 2.05) is 23.5 Å². The second-order valence-corrected chi connectivity index (χ2v) is 17.4. The maximum atomic E-state index is 6.60. The fourth-order valence-electron chi connectivity index (χ4n) is 9.87. The van der Waals surface area contributed by atoms with E-state index in [9.17, 15) is 0 Å². The first-order chi connectivity index (χ1) is 31.7. The van der Waals surface area contributed by atoms with Gasteiger partial charge in [0.25, 0.3) is 0 Å². The van der Waals surface area contributed by atoms with E-state index in [1.165, 1.54) is 31.3 Å². The Hall–Kier alpha value is -8.18. The molecule has 0 aliphatic carbocycles. The van der Waals surface area contributed by atoms with E-state index < -0.39 is 0 Å². The fourth-order valence-corrected chi connectivity index (χ4v) is 11.0. The first kappa shape index (κ1) is 36.5. The Bertz CT molecular complexity index is 3880. The molecule has 0 saturated carbocycles. The summed E-state index contributed by atoms with van der Waals surface area (Å²) in [6, 6.07) is 80.4. The average molecular weight is 836 g/mol. The van der Waals surface area contributed by atoms with Gasteiger partial charge in [0.2, 0.25) is 0 Å². The van der Waals surface area contributed by atoms with Crippen LogP contribution in [0.4, 0.5) is 17.1 Å². The highest BCUT2D eigenvalue weighted by Gasteiger charge is 2.24. The van der Waals surface area contributed by atoms with Crippen LogP contribution in [0.5, 0.6) is 0 Å². The third-order valence-corrected chi connectivity index (χ3v) is 13.8. The van der Waals surface area contributed by atoms with Crippen LogP contribution in [-0.2, 0) is 0 Å². The molecular weight excluding hydrogens is 799 g/mol. The maximum absolute atomic E-state index is 6.60. The molecule has 3 heterocycles. The van der Waals surface area contributed by atoms with Crippen molar-refractivity contribution in [2.24, 2.45) is 0 Å². The summed E-state index contributed by atoms with van der Waals surface area (Å²) in [5.74, 6) is 0. The molecule has 3 nitrogen and oxygen atoms in total. The summed E-state index contributed by atoms with van der Waals surface area (Å²) in [4.78, 5) is 2.42. The molecule has 300 valence electrons. The SMILES string of the molecule is c1ccc(-c2ccc(N(c3ccc(-c4c(-c5ccc6oc7ccccc7c6c5-c5ccccc5)ccc5oc6ccccc6c45)cc3)c3cccc4sc5ccccc5c34)cc2)cc1. The monoisotopic (exact) mass is 835 g/mol. The van der Waals surface area contributed by atoms with Gasteiger partial charge >= 0.3 is 0 Å². The number of rotatable bonds is 7. The molecule has 0 atom stereocenters. The van der Waals surface area contributed by atoms with Gasteiger partial charge in [-0.05, 0) is 112 Å². The van der Waals surface area contributed by atoms with E-state index in [-0.39, 0.29) is 0 Å². The molecule has 0 spiro atoms. The Morgan fingerprint density at radius 3 is 1.34 bits per heavy atom. The van der Waals surface area contributed by atoms with Crippen LogP contribution in [0.15, 0.2) is 233 Å². The van der Waals surface area contributed by atoms with E-state index >= 15 is 0 Å². The Morgan fingerprint density at radius 1 is 0.297 bits per heavy atom. The highest BCUT2D eigenvalue weighted by molar-refractivity contribution is 7.26. The van der Waals surface area contributed by atoms with Crippen molar-refractivity contribution >= 4 is 92.4 Å². The highest BCUT2D eigenvalue weighted by atomic mass is 32.1. The van der Waals surface area contributed by atoms with Crippen LogP contribution in [0.2, 0.25) is 0 Å². The molecule has 13 rings (SSSR count). The number of fused-ring (bicyclic) bond motifs is 9. The normalized spacial score (nSPS) is 11.8. The maximum Gasteiger partial charge on any atom is 0.136 e. The minimum Gasteiger partial charge on any atom is -0.456 e. The van der Waals surface area contributed by atoms with Gasteiger partial charge in [0, 0.05) is 64.2 Å². The number of benzene rings is 10. The molecule has 0 aliphatic rings. The number of anilines is 3. The molecule has 0 aliphatic heterocycles. The van der Waals surface area contributed by atoms with Gasteiger partial charge in [-0.3, -0.25) is 0 Å². The van der Waals surface area contributed by atoms with Gasteiger partial charge in [-0.15, -0.1) is 11.3 Å². The minimum absolute atomic E-state index is 0.858. The highest BCUT2D eigenvalue weighted by Crippen LogP contribution is 2.50.